The van der Waals surface area contributed by atoms with Crippen LogP contribution in [0, 0.1) is 0 Å². The number of hydrogen-bond donors (Lipinski definition) is 0. The van der Waals surface area contributed by atoms with Gasteiger partial charge < -0.3 is 4.90 Å². The lowest BCUT2D eigenvalue weighted by Crippen LogP contribution is -2.06. The molecule has 0 fully saturated rings. The molecule has 2 aromatic heterocycles. The summed E-state index contributed by atoms with van der Waals surface area (Å²) in [4.78, 5) is 2.19. The van der Waals surface area contributed by atoms with Crippen molar-refractivity contribution in [2.24, 2.45) is 0 Å². The van der Waals surface area contributed by atoms with Gasteiger partial charge in [0.25, 0.3) is 0 Å². The highest BCUT2D eigenvalue weighted by molar-refractivity contribution is 7.08. The Morgan fingerprint density at radius 2 is 1.50 bits per heavy atom. The lowest BCUT2D eigenvalue weighted by Gasteiger charge is -2.14. The predicted molar refractivity (Wildman–Crippen MR) is 56.7 cm³/mol. The molecule has 0 radical (unpaired) electrons. The van der Waals surface area contributed by atoms with Crippen molar-refractivity contribution in [3.63, 3.8) is 0 Å². The minimum Gasteiger partial charge on any atom is -0.343 e. The van der Waals surface area contributed by atoms with Crippen LogP contribution in [0.4, 0.5) is 11.4 Å². The topological polar surface area (TPSA) is 3.24 Å². The fourth-order valence-corrected chi connectivity index (χ4v) is 2.39. The Labute approximate surface area is 79.9 Å². The van der Waals surface area contributed by atoms with Gasteiger partial charge in [-0.2, -0.15) is 22.7 Å². The van der Waals surface area contributed by atoms with Gasteiger partial charge in [-0.3, -0.25) is 0 Å². The molecule has 0 aromatic carbocycles. The standard InChI is InChI=1S/C9H9NS2/c1-10(8-2-4-11-6-8)9-3-5-12-7-9/h2-7H,1H3. The van der Waals surface area contributed by atoms with E-state index in [0.717, 1.165) is 0 Å². The van der Waals surface area contributed by atoms with Gasteiger partial charge in [0.2, 0.25) is 0 Å². The zero-order valence-corrected chi connectivity index (χ0v) is 8.36. The van der Waals surface area contributed by atoms with Crippen molar-refractivity contribution in [1.29, 1.82) is 0 Å². The van der Waals surface area contributed by atoms with E-state index in [1.807, 2.05) is 0 Å². The number of thiophene rings is 2. The zero-order chi connectivity index (χ0) is 8.39. The Morgan fingerprint density at radius 1 is 1.00 bits per heavy atom. The summed E-state index contributed by atoms with van der Waals surface area (Å²) in [5.74, 6) is 0. The first kappa shape index (κ1) is 7.83. The van der Waals surface area contributed by atoms with Gasteiger partial charge in [-0.1, -0.05) is 0 Å². The molecular weight excluding hydrogens is 186 g/mol. The van der Waals surface area contributed by atoms with Crippen LogP contribution in [0.2, 0.25) is 0 Å². The van der Waals surface area contributed by atoms with E-state index in [-0.39, 0.29) is 0 Å². The molecule has 0 atom stereocenters. The summed E-state index contributed by atoms with van der Waals surface area (Å²) in [6, 6.07) is 4.25. The van der Waals surface area contributed by atoms with Crippen LogP contribution in [0.5, 0.6) is 0 Å². The molecule has 2 aromatic rings. The predicted octanol–water partition coefficient (Wildman–Crippen LogP) is 3.58. The minimum atomic E-state index is 1.26. The SMILES string of the molecule is CN(c1ccsc1)c1ccsc1. The summed E-state index contributed by atoms with van der Waals surface area (Å²) < 4.78 is 0. The Morgan fingerprint density at radius 3 is 1.83 bits per heavy atom. The molecule has 1 nitrogen and oxygen atoms in total. The van der Waals surface area contributed by atoms with E-state index < -0.39 is 0 Å². The van der Waals surface area contributed by atoms with E-state index in [9.17, 15) is 0 Å². The summed E-state index contributed by atoms with van der Waals surface area (Å²) in [6.45, 7) is 0. The number of anilines is 2. The first-order valence-corrected chi connectivity index (χ1v) is 5.54. The third-order valence-electron chi connectivity index (χ3n) is 1.79. The highest BCUT2D eigenvalue weighted by Crippen LogP contribution is 2.26. The lowest BCUT2D eigenvalue weighted by molar-refractivity contribution is 1.23. The maximum absolute atomic E-state index is 2.19. The number of rotatable bonds is 2. The zero-order valence-electron chi connectivity index (χ0n) is 6.73. The molecule has 0 saturated carbocycles. The molecule has 0 spiro atoms. The van der Waals surface area contributed by atoms with Crippen LogP contribution in [0.3, 0.4) is 0 Å². The minimum absolute atomic E-state index is 1.26. The Hall–Kier alpha value is -0.800. The van der Waals surface area contributed by atoms with Crippen molar-refractivity contribution in [3.05, 3.63) is 33.7 Å². The molecule has 12 heavy (non-hydrogen) atoms. The summed E-state index contributed by atoms with van der Waals surface area (Å²) in [6.07, 6.45) is 0. The van der Waals surface area contributed by atoms with Gasteiger partial charge in [0.05, 0.1) is 11.4 Å². The first-order chi connectivity index (χ1) is 5.88. The van der Waals surface area contributed by atoms with E-state index in [2.05, 4.69) is 45.6 Å². The van der Waals surface area contributed by atoms with Crippen LogP contribution < -0.4 is 4.90 Å². The van der Waals surface area contributed by atoms with Gasteiger partial charge in [-0.25, -0.2) is 0 Å². The van der Waals surface area contributed by atoms with Crippen LogP contribution in [0.1, 0.15) is 0 Å². The molecule has 62 valence electrons. The van der Waals surface area contributed by atoms with Crippen LogP contribution in [0.25, 0.3) is 0 Å². The van der Waals surface area contributed by atoms with Gasteiger partial charge >= 0.3 is 0 Å². The Balaban J connectivity index is 2.27. The Kier molecular flexibility index (Phi) is 2.15. The molecule has 2 rings (SSSR count). The molecule has 2 heterocycles. The largest absolute Gasteiger partial charge is 0.343 e. The molecule has 0 aliphatic heterocycles. The normalized spacial score (nSPS) is 10.1. The Bertz CT molecular complexity index is 289. The molecule has 3 heteroatoms. The molecule has 0 saturated heterocycles. The maximum Gasteiger partial charge on any atom is 0.0516 e. The fraction of sp³-hybridized carbons (Fsp3) is 0.111. The summed E-state index contributed by atoms with van der Waals surface area (Å²) >= 11 is 3.45. The van der Waals surface area contributed by atoms with Crippen molar-refractivity contribution in [1.82, 2.24) is 0 Å². The van der Waals surface area contributed by atoms with Crippen LogP contribution in [-0.4, -0.2) is 7.05 Å². The van der Waals surface area contributed by atoms with E-state index in [1.54, 1.807) is 22.7 Å². The van der Waals surface area contributed by atoms with Crippen molar-refractivity contribution in [3.8, 4) is 0 Å². The first-order valence-electron chi connectivity index (χ1n) is 3.66. The van der Waals surface area contributed by atoms with Crippen LogP contribution >= 0.6 is 22.7 Å². The number of hydrogen-bond acceptors (Lipinski definition) is 3. The molecule has 0 aliphatic carbocycles. The highest BCUT2D eigenvalue weighted by atomic mass is 32.1. The van der Waals surface area contributed by atoms with Crippen LogP contribution in [0.15, 0.2) is 33.7 Å². The fourth-order valence-electron chi connectivity index (χ4n) is 1.05. The quantitative estimate of drug-likeness (QED) is 0.708. The molecule has 0 N–H and O–H groups in total. The lowest BCUT2D eigenvalue weighted by atomic mass is 10.4. The summed E-state index contributed by atoms with van der Waals surface area (Å²) in [5, 5.41) is 8.49. The molecule has 0 aliphatic rings. The van der Waals surface area contributed by atoms with Crippen molar-refractivity contribution >= 4 is 34.0 Å². The second-order valence-electron chi connectivity index (χ2n) is 2.52. The number of nitrogens with zero attached hydrogens (tertiary/aromatic N) is 1. The molecule has 0 bridgehead atoms. The smallest absolute Gasteiger partial charge is 0.0516 e. The van der Waals surface area contributed by atoms with Crippen molar-refractivity contribution in [2.75, 3.05) is 11.9 Å². The van der Waals surface area contributed by atoms with Gasteiger partial charge in [0, 0.05) is 17.8 Å². The average Bonchev–Trinajstić information content (AvgIpc) is 2.77. The monoisotopic (exact) mass is 195 g/mol. The van der Waals surface area contributed by atoms with Gasteiger partial charge in [0.15, 0.2) is 0 Å². The second kappa shape index (κ2) is 3.29. The van der Waals surface area contributed by atoms with Crippen LogP contribution in [-0.2, 0) is 0 Å². The molecule has 0 amide bonds. The van der Waals surface area contributed by atoms with E-state index in [4.69, 9.17) is 0 Å². The van der Waals surface area contributed by atoms with E-state index in [1.165, 1.54) is 11.4 Å². The highest BCUT2D eigenvalue weighted by Gasteiger charge is 2.02. The molecular formula is C9H9NS2. The van der Waals surface area contributed by atoms with Gasteiger partial charge in [0.1, 0.15) is 0 Å². The maximum atomic E-state index is 2.19. The van der Waals surface area contributed by atoms with Gasteiger partial charge in [-0.15, -0.1) is 0 Å². The van der Waals surface area contributed by atoms with Gasteiger partial charge in [-0.05, 0) is 22.9 Å². The summed E-state index contributed by atoms with van der Waals surface area (Å²) in [5.41, 5.74) is 2.52. The third-order valence-corrected chi connectivity index (χ3v) is 3.13. The van der Waals surface area contributed by atoms with Crippen molar-refractivity contribution in [2.45, 2.75) is 0 Å². The van der Waals surface area contributed by atoms with Crippen molar-refractivity contribution < 1.29 is 0 Å². The second-order valence-corrected chi connectivity index (χ2v) is 4.08. The van der Waals surface area contributed by atoms with E-state index >= 15 is 0 Å². The summed E-state index contributed by atoms with van der Waals surface area (Å²) in [7, 11) is 2.09. The third kappa shape index (κ3) is 1.38. The average molecular weight is 195 g/mol. The van der Waals surface area contributed by atoms with E-state index in [0.29, 0.717) is 0 Å². The molecule has 0 unspecified atom stereocenters.